The van der Waals surface area contributed by atoms with Gasteiger partial charge in [-0.05, 0) is 24.3 Å². The number of rotatable bonds is 5. The molecule has 1 aromatic carbocycles. The van der Waals surface area contributed by atoms with E-state index in [0.29, 0.717) is 28.4 Å². The van der Waals surface area contributed by atoms with Gasteiger partial charge in [-0.1, -0.05) is 23.9 Å². The minimum atomic E-state index is -0.339. The average molecular weight is 330 g/mol. The van der Waals surface area contributed by atoms with Crippen molar-refractivity contribution in [2.24, 2.45) is 0 Å². The molecule has 0 fully saturated rings. The largest absolute Gasteiger partial charge is 0.467 e. The van der Waals surface area contributed by atoms with Crippen LogP contribution < -0.4 is 16.7 Å². The highest BCUT2D eigenvalue weighted by molar-refractivity contribution is 7.99. The molecule has 3 aromatic rings. The lowest BCUT2D eigenvalue weighted by atomic mass is 10.2. The van der Waals surface area contributed by atoms with Crippen LogP contribution in [0.2, 0.25) is 0 Å². The molecule has 0 spiro atoms. The van der Waals surface area contributed by atoms with Crippen LogP contribution in [-0.4, -0.2) is 21.3 Å². The normalized spacial score (nSPS) is 10.8. The first-order chi connectivity index (χ1) is 11.1. The summed E-state index contributed by atoms with van der Waals surface area (Å²) in [6, 6.07) is 10.5. The first-order valence-electron chi connectivity index (χ1n) is 6.84. The number of hydrogen-bond acceptors (Lipinski definition) is 6. The molecule has 2 aromatic heterocycles. The fourth-order valence-electron chi connectivity index (χ4n) is 2.01. The molecule has 1 amide bonds. The number of carbonyl (C=O) groups excluding carboxylic acids is 1. The van der Waals surface area contributed by atoms with Crippen molar-refractivity contribution in [2.75, 3.05) is 11.6 Å². The number of aromatic nitrogens is 2. The van der Waals surface area contributed by atoms with Crippen molar-refractivity contribution in [3.8, 4) is 0 Å². The van der Waals surface area contributed by atoms with E-state index in [0.717, 1.165) is 16.4 Å². The van der Waals surface area contributed by atoms with Gasteiger partial charge in [0.2, 0.25) is 5.91 Å². The zero-order chi connectivity index (χ0) is 16.2. The smallest absolute Gasteiger partial charge is 0.280 e. The molecule has 0 aliphatic rings. The van der Waals surface area contributed by atoms with Gasteiger partial charge in [-0.25, -0.2) is 9.66 Å². The van der Waals surface area contributed by atoms with Crippen molar-refractivity contribution in [2.45, 2.75) is 11.7 Å². The van der Waals surface area contributed by atoms with E-state index in [9.17, 15) is 9.59 Å². The highest BCUT2D eigenvalue weighted by Crippen LogP contribution is 2.15. The van der Waals surface area contributed by atoms with Crippen LogP contribution in [0.15, 0.2) is 57.0 Å². The Balaban J connectivity index is 1.68. The summed E-state index contributed by atoms with van der Waals surface area (Å²) in [7, 11) is 0. The predicted octanol–water partition coefficient (Wildman–Crippen LogP) is 1.11. The Morgan fingerprint density at radius 1 is 1.30 bits per heavy atom. The third-order valence-corrected chi connectivity index (χ3v) is 4.10. The summed E-state index contributed by atoms with van der Waals surface area (Å²) in [5.41, 5.74) is 0.215. The van der Waals surface area contributed by atoms with Crippen LogP contribution in [0.3, 0.4) is 0 Å². The van der Waals surface area contributed by atoms with Crippen LogP contribution in [0.25, 0.3) is 10.9 Å². The Kier molecular flexibility index (Phi) is 4.33. The number of furan rings is 1. The highest BCUT2D eigenvalue weighted by atomic mass is 32.2. The molecule has 0 bridgehead atoms. The van der Waals surface area contributed by atoms with Gasteiger partial charge in [-0.15, -0.1) is 0 Å². The summed E-state index contributed by atoms with van der Waals surface area (Å²) in [6.45, 7) is 0.312. The Labute approximate surface area is 135 Å². The van der Waals surface area contributed by atoms with Gasteiger partial charge >= 0.3 is 0 Å². The minimum absolute atomic E-state index is 0.0999. The molecule has 0 radical (unpaired) electrons. The zero-order valence-corrected chi connectivity index (χ0v) is 12.9. The van der Waals surface area contributed by atoms with Gasteiger partial charge in [-0.2, -0.15) is 0 Å². The number of nitrogens with one attached hydrogen (secondary N) is 1. The van der Waals surface area contributed by atoms with Crippen molar-refractivity contribution < 1.29 is 9.21 Å². The molecule has 0 aliphatic carbocycles. The maximum Gasteiger partial charge on any atom is 0.280 e. The maximum absolute atomic E-state index is 12.1. The van der Waals surface area contributed by atoms with Gasteiger partial charge in [0.25, 0.3) is 5.56 Å². The number of para-hydroxylation sites is 1. The second kappa shape index (κ2) is 6.57. The van der Waals surface area contributed by atoms with Crippen LogP contribution in [0, 0.1) is 0 Å². The Morgan fingerprint density at radius 3 is 2.91 bits per heavy atom. The lowest BCUT2D eigenvalue weighted by Crippen LogP contribution is -2.30. The Hall–Kier alpha value is -2.74. The molecule has 3 N–H and O–H groups in total. The van der Waals surface area contributed by atoms with Crippen LogP contribution >= 0.6 is 11.8 Å². The second-order valence-corrected chi connectivity index (χ2v) is 5.67. The Bertz CT molecular complexity index is 889. The third kappa shape index (κ3) is 3.37. The molecule has 0 aliphatic heterocycles. The van der Waals surface area contributed by atoms with Gasteiger partial charge in [-0.3, -0.25) is 9.59 Å². The summed E-state index contributed by atoms with van der Waals surface area (Å²) < 4.78 is 6.10. The summed E-state index contributed by atoms with van der Waals surface area (Å²) in [6.07, 6.45) is 1.54. The molecule has 0 saturated carbocycles. The molecule has 2 heterocycles. The van der Waals surface area contributed by atoms with Crippen molar-refractivity contribution >= 4 is 28.6 Å². The third-order valence-electron chi connectivity index (χ3n) is 3.15. The number of hydrogen-bond donors (Lipinski definition) is 2. The minimum Gasteiger partial charge on any atom is -0.467 e. The molecule has 7 nitrogen and oxygen atoms in total. The lowest BCUT2D eigenvalue weighted by Gasteiger charge is -2.08. The summed E-state index contributed by atoms with van der Waals surface area (Å²) in [5, 5.41) is 3.46. The van der Waals surface area contributed by atoms with Crippen LogP contribution in [-0.2, 0) is 11.3 Å². The van der Waals surface area contributed by atoms with Gasteiger partial charge < -0.3 is 15.6 Å². The maximum atomic E-state index is 12.1. The molecule has 8 heteroatoms. The molecule has 23 heavy (non-hydrogen) atoms. The number of fused-ring (bicyclic) bond motifs is 1. The standard InChI is InChI=1S/C15H14N4O3S/c16-19-14(21)11-5-1-2-6-12(11)18-15(19)23-9-13(20)17-8-10-4-3-7-22-10/h1-7H,8-9,16H2,(H,17,20). The molecular weight excluding hydrogens is 316 g/mol. The Morgan fingerprint density at radius 2 is 2.13 bits per heavy atom. The van der Waals surface area contributed by atoms with E-state index in [4.69, 9.17) is 10.3 Å². The zero-order valence-electron chi connectivity index (χ0n) is 12.1. The van der Waals surface area contributed by atoms with E-state index in [1.807, 2.05) is 0 Å². The highest BCUT2D eigenvalue weighted by Gasteiger charge is 2.11. The van der Waals surface area contributed by atoms with Crippen molar-refractivity contribution in [1.82, 2.24) is 15.0 Å². The molecule has 118 valence electrons. The van der Waals surface area contributed by atoms with Crippen LogP contribution in [0.4, 0.5) is 0 Å². The van der Waals surface area contributed by atoms with Gasteiger partial charge in [0.05, 0.1) is 29.5 Å². The molecule has 0 atom stereocenters. The summed E-state index contributed by atoms with van der Waals surface area (Å²) in [5.74, 6) is 6.33. The van der Waals surface area contributed by atoms with Crippen molar-refractivity contribution in [3.05, 3.63) is 58.8 Å². The fraction of sp³-hybridized carbons (Fsp3) is 0.133. The SMILES string of the molecule is Nn1c(SCC(=O)NCc2ccco2)nc2ccccc2c1=O. The van der Waals surface area contributed by atoms with Crippen LogP contribution in [0.5, 0.6) is 0 Å². The number of nitrogens with zero attached hydrogens (tertiary/aromatic N) is 2. The topological polar surface area (TPSA) is 103 Å². The molecular formula is C15H14N4O3S. The van der Waals surface area contributed by atoms with Gasteiger partial charge in [0, 0.05) is 0 Å². The molecule has 3 rings (SSSR count). The number of benzene rings is 1. The van der Waals surface area contributed by atoms with Crippen LogP contribution in [0.1, 0.15) is 5.76 Å². The fourth-order valence-corrected chi connectivity index (χ4v) is 2.75. The first-order valence-corrected chi connectivity index (χ1v) is 7.82. The van der Waals surface area contributed by atoms with E-state index in [-0.39, 0.29) is 17.2 Å². The number of amides is 1. The quantitative estimate of drug-likeness (QED) is 0.413. The molecule has 0 saturated heterocycles. The number of nitrogen functional groups attached to an aromatic ring is 1. The number of carbonyl (C=O) groups is 1. The van der Waals surface area contributed by atoms with E-state index < -0.39 is 0 Å². The van der Waals surface area contributed by atoms with Gasteiger partial charge in [0.1, 0.15) is 5.76 Å². The predicted molar refractivity (Wildman–Crippen MR) is 87.4 cm³/mol. The average Bonchev–Trinajstić information content (AvgIpc) is 3.08. The summed E-state index contributed by atoms with van der Waals surface area (Å²) in [4.78, 5) is 28.3. The van der Waals surface area contributed by atoms with E-state index in [2.05, 4.69) is 10.3 Å². The summed E-state index contributed by atoms with van der Waals surface area (Å²) >= 11 is 1.11. The first kappa shape index (κ1) is 15.2. The van der Waals surface area contributed by atoms with Crippen molar-refractivity contribution in [3.63, 3.8) is 0 Å². The van der Waals surface area contributed by atoms with Crippen molar-refractivity contribution in [1.29, 1.82) is 0 Å². The lowest BCUT2D eigenvalue weighted by molar-refractivity contribution is -0.118. The number of thioether (sulfide) groups is 1. The monoisotopic (exact) mass is 330 g/mol. The number of nitrogens with two attached hydrogens (primary N) is 1. The molecule has 0 unspecified atom stereocenters. The van der Waals surface area contributed by atoms with E-state index in [1.165, 1.54) is 0 Å². The van der Waals surface area contributed by atoms with E-state index >= 15 is 0 Å². The van der Waals surface area contributed by atoms with E-state index in [1.54, 1.807) is 42.7 Å². The van der Waals surface area contributed by atoms with Gasteiger partial charge in [0.15, 0.2) is 5.16 Å². The second-order valence-electron chi connectivity index (χ2n) is 4.73.